The van der Waals surface area contributed by atoms with Crippen LogP contribution in [-0.2, 0) is 6.54 Å². The third kappa shape index (κ3) is 3.47. The molecule has 1 saturated heterocycles. The number of nitrogens with zero attached hydrogens (tertiary/aromatic N) is 1. The fraction of sp³-hybridized carbons (Fsp3) is 0.600. The number of rotatable bonds is 5. The van der Waals surface area contributed by atoms with Crippen LogP contribution in [-0.4, -0.2) is 37.7 Å². The summed E-state index contributed by atoms with van der Waals surface area (Å²) in [4.78, 5) is 2.39. The Morgan fingerprint density at radius 1 is 1.33 bits per heavy atom. The predicted molar refractivity (Wildman–Crippen MR) is 75.0 cm³/mol. The molecule has 0 aliphatic carbocycles. The van der Waals surface area contributed by atoms with Crippen molar-refractivity contribution in [2.45, 2.75) is 31.8 Å². The van der Waals surface area contributed by atoms with E-state index >= 15 is 0 Å². The first kappa shape index (κ1) is 13.4. The van der Waals surface area contributed by atoms with Crippen LogP contribution < -0.4 is 10.1 Å². The molecule has 0 aromatic heterocycles. The molecule has 0 spiro atoms. The molecule has 2 rings (SSSR count). The lowest BCUT2D eigenvalue weighted by molar-refractivity contribution is 0.233. The van der Waals surface area contributed by atoms with Crippen molar-refractivity contribution in [3.63, 3.8) is 0 Å². The Balaban J connectivity index is 1.88. The number of hydrogen-bond donors (Lipinski definition) is 1. The summed E-state index contributed by atoms with van der Waals surface area (Å²) in [6.45, 7) is 5.57. The van der Waals surface area contributed by atoms with Crippen LogP contribution in [0.5, 0.6) is 5.75 Å². The standard InChI is InChI=1S/C15H24N2O/c1-15(9-4-10-16-15)12-17(2)11-13-5-7-14(18-3)8-6-13/h5-8,16H,4,9-12H2,1-3H3. The van der Waals surface area contributed by atoms with Gasteiger partial charge in [0.2, 0.25) is 0 Å². The van der Waals surface area contributed by atoms with Crippen molar-refractivity contribution in [2.75, 3.05) is 27.2 Å². The van der Waals surface area contributed by atoms with E-state index < -0.39 is 0 Å². The van der Waals surface area contributed by atoms with E-state index in [1.165, 1.54) is 18.4 Å². The monoisotopic (exact) mass is 248 g/mol. The molecule has 1 aromatic rings. The summed E-state index contributed by atoms with van der Waals surface area (Å²) in [5.41, 5.74) is 1.63. The molecule has 1 aliphatic rings. The quantitative estimate of drug-likeness (QED) is 0.865. The number of ether oxygens (including phenoxy) is 1. The van der Waals surface area contributed by atoms with Gasteiger partial charge in [0.15, 0.2) is 0 Å². The van der Waals surface area contributed by atoms with E-state index in [2.05, 4.69) is 36.3 Å². The molecule has 0 bridgehead atoms. The Hall–Kier alpha value is -1.06. The fourth-order valence-corrected chi connectivity index (χ4v) is 2.79. The molecule has 1 aliphatic heterocycles. The molecule has 1 aromatic carbocycles. The lowest BCUT2D eigenvalue weighted by Crippen LogP contribution is -2.46. The molecule has 1 heterocycles. The van der Waals surface area contributed by atoms with Gasteiger partial charge in [-0.15, -0.1) is 0 Å². The third-order valence-electron chi connectivity index (χ3n) is 3.69. The zero-order valence-electron chi connectivity index (χ0n) is 11.7. The Kier molecular flexibility index (Phi) is 4.25. The average Bonchev–Trinajstić information content (AvgIpc) is 2.76. The maximum Gasteiger partial charge on any atom is 0.118 e. The zero-order valence-corrected chi connectivity index (χ0v) is 11.7. The number of hydrogen-bond acceptors (Lipinski definition) is 3. The summed E-state index contributed by atoms with van der Waals surface area (Å²) in [5.74, 6) is 0.922. The molecule has 3 nitrogen and oxygen atoms in total. The smallest absolute Gasteiger partial charge is 0.118 e. The number of benzene rings is 1. The van der Waals surface area contributed by atoms with Crippen molar-refractivity contribution in [3.05, 3.63) is 29.8 Å². The molecule has 1 unspecified atom stereocenters. The van der Waals surface area contributed by atoms with Crippen molar-refractivity contribution in [1.82, 2.24) is 10.2 Å². The van der Waals surface area contributed by atoms with Gasteiger partial charge >= 0.3 is 0 Å². The summed E-state index contributed by atoms with van der Waals surface area (Å²) in [6.07, 6.45) is 2.58. The lowest BCUT2D eigenvalue weighted by Gasteiger charge is -2.30. The maximum absolute atomic E-state index is 5.17. The van der Waals surface area contributed by atoms with Crippen LogP contribution in [0.2, 0.25) is 0 Å². The van der Waals surface area contributed by atoms with Gasteiger partial charge in [-0.1, -0.05) is 12.1 Å². The molecule has 0 radical (unpaired) electrons. The minimum atomic E-state index is 0.293. The van der Waals surface area contributed by atoms with Gasteiger partial charge in [0.05, 0.1) is 7.11 Å². The van der Waals surface area contributed by atoms with Gasteiger partial charge in [-0.2, -0.15) is 0 Å². The van der Waals surface area contributed by atoms with Gasteiger partial charge in [-0.05, 0) is 51.1 Å². The summed E-state index contributed by atoms with van der Waals surface area (Å²) < 4.78 is 5.17. The average molecular weight is 248 g/mol. The van der Waals surface area contributed by atoms with E-state index in [1.54, 1.807) is 7.11 Å². The molecule has 0 amide bonds. The highest BCUT2D eigenvalue weighted by Gasteiger charge is 2.28. The lowest BCUT2D eigenvalue weighted by atomic mass is 9.99. The fourth-order valence-electron chi connectivity index (χ4n) is 2.79. The molecule has 18 heavy (non-hydrogen) atoms. The summed E-state index contributed by atoms with van der Waals surface area (Å²) in [7, 11) is 3.89. The van der Waals surface area contributed by atoms with Crippen LogP contribution in [0.4, 0.5) is 0 Å². The topological polar surface area (TPSA) is 24.5 Å². The van der Waals surface area contributed by atoms with Gasteiger partial charge in [0.25, 0.3) is 0 Å². The van der Waals surface area contributed by atoms with Crippen LogP contribution in [0.15, 0.2) is 24.3 Å². The SMILES string of the molecule is COc1ccc(CN(C)CC2(C)CCCN2)cc1. The molecule has 100 valence electrons. The van der Waals surface area contributed by atoms with E-state index in [4.69, 9.17) is 4.74 Å². The number of nitrogens with one attached hydrogen (secondary N) is 1. The highest BCUT2D eigenvalue weighted by molar-refractivity contribution is 5.27. The van der Waals surface area contributed by atoms with Gasteiger partial charge in [-0.3, -0.25) is 0 Å². The normalized spacial score (nSPS) is 23.6. The summed E-state index contributed by atoms with van der Waals surface area (Å²) in [6, 6.07) is 8.33. The minimum absolute atomic E-state index is 0.293. The Bertz CT molecular complexity index is 369. The summed E-state index contributed by atoms with van der Waals surface area (Å²) >= 11 is 0. The molecular formula is C15H24N2O. The minimum Gasteiger partial charge on any atom is -0.497 e. The largest absolute Gasteiger partial charge is 0.497 e. The van der Waals surface area contributed by atoms with Crippen LogP contribution in [0.3, 0.4) is 0 Å². The summed E-state index contributed by atoms with van der Waals surface area (Å²) in [5, 5.41) is 3.61. The highest BCUT2D eigenvalue weighted by Crippen LogP contribution is 2.20. The van der Waals surface area contributed by atoms with Gasteiger partial charge in [0.1, 0.15) is 5.75 Å². The van der Waals surface area contributed by atoms with Crippen molar-refractivity contribution in [2.24, 2.45) is 0 Å². The second kappa shape index (κ2) is 5.72. The van der Waals surface area contributed by atoms with Crippen molar-refractivity contribution < 1.29 is 4.74 Å². The second-order valence-electron chi connectivity index (χ2n) is 5.61. The third-order valence-corrected chi connectivity index (χ3v) is 3.69. The maximum atomic E-state index is 5.17. The molecular weight excluding hydrogens is 224 g/mol. The van der Waals surface area contributed by atoms with Gasteiger partial charge in [-0.25, -0.2) is 0 Å². The predicted octanol–water partition coefficient (Wildman–Crippen LogP) is 2.27. The first-order valence-electron chi connectivity index (χ1n) is 6.68. The first-order chi connectivity index (χ1) is 8.61. The van der Waals surface area contributed by atoms with Gasteiger partial charge in [0, 0.05) is 18.6 Å². The number of likely N-dealkylation sites (N-methyl/N-ethyl adjacent to an activating group) is 1. The van der Waals surface area contributed by atoms with E-state index in [-0.39, 0.29) is 0 Å². The first-order valence-corrected chi connectivity index (χ1v) is 6.68. The molecule has 1 atom stereocenters. The van der Waals surface area contributed by atoms with Crippen molar-refractivity contribution >= 4 is 0 Å². The van der Waals surface area contributed by atoms with Crippen LogP contribution in [0.25, 0.3) is 0 Å². The molecule has 1 N–H and O–H groups in total. The van der Waals surface area contributed by atoms with Gasteiger partial charge < -0.3 is 15.0 Å². The Morgan fingerprint density at radius 2 is 2.06 bits per heavy atom. The zero-order chi connectivity index (χ0) is 13.0. The Morgan fingerprint density at radius 3 is 2.61 bits per heavy atom. The Labute approximate surface area is 110 Å². The van der Waals surface area contributed by atoms with E-state index in [9.17, 15) is 0 Å². The van der Waals surface area contributed by atoms with E-state index in [0.717, 1.165) is 25.4 Å². The molecule has 3 heteroatoms. The second-order valence-corrected chi connectivity index (χ2v) is 5.61. The van der Waals surface area contributed by atoms with Crippen LogP contribution in [0.1, 0.15) is 25.3 Å². The highest BCUT2D eigenvalue weighted by atomic mass is 16.5. The van der Waals surface area contributed by atoms with Crippen LogP contribution in [0, 0.1) is 0 Å². The molecule has 1 fully saturated rings. The van der Waals surface area contributed by atoms with Crippen molar-refractivity contribution in [1.29, 1.82) is 0 Å². The van der Waals surface area contributed by atoms with Crippen LogP contribution >= 0.6 is 0 Å². The molecule has 0 saturated carbocycles. The number of methoxy groups -OCH3 is 1. The van der Waals surface area contributed by atoms with Crippen molar-refractivity contribution in [3.8, 4) is 5.75 Å². The van der Waals surface area contributed by atoms with E-state index in [0.29, 0.717) is 5.54 Å². The van der Waals surface area contributed by atoms with E-state index in [1.807, 2.05) is 12.1 Å².